The summed E-state index contributed by atoms with van der Waals surface area (Å²) in [5.74, 6) is 1.56. The molecule has 6 nitrogen and oxygen atoms in total. The SMILES string of the molecule is Cn1cnnc1C1CCCN(C(=O)CCCCN)C1. The lowest BCUT2D eigenvalue weighted by atomic mass is 9.96. The minimum Gasteiger partial charge on any atom is -0.342 e. The van der Waals surface area contributed by atoms with Crippen molar-refractivity contribution in [2.75, 3.05) is 19.6 Å². The fraction of sp³-hybridized carbons (Fsp3) is 0.769. The molecule has 2 rings (SSSR count). The third-order valence-electron chi connectivity index (χ3n) is 3.73. The molecule has 0 bridgehead atoms. The van der Waals surface area contributed by atoms with Crippen LogP contribution in [0.5, 0.6) is 0 Å². The maximum atomic E-state index is 12.1. The molecule has 0 radical (unpaired) electrons. The van der Waals surface area contributed by atoms with Gasteiger partial charge in [0.1, 0.15) is 12.2 Å². The molecule has 2 N–H and O–H groups in total. The van der Waals surface area contributed by atoms with Crippen molar-refractivity contribution in [3.05, 3.63) is 12.2 Å². The van der Waals surface area contributed by atoms with E-state index in [2.05, 4.69) is 10.2 Å². The van der Waals surface area contributed by atoms with Crippen molar-refractivity contribution in [1.82, 2.24) is 19.7 Å². The number of amides is 1. The maximum Gasteiger partial charge on any atom is 0.222 e. The zero-order chi connectivity index (χ0) is 13.7. The molecular weight excluding hydrogens is 242 g/mol. The van der Waals surface area contributed by atoms with Crippen LogP contribution >= 0.6 is 0 Å². The molecule has 6 heteroatoms. The summed E-state index contributed by atoms with van der Waals surface area (Å²) in [7, 11) is 1.96. The third-order valence-corrected chi connectivity index (χ3v) is 3.73. The molecule has 1 aromatic heterocycles. The predicted molar refractivity (Wildman–Crippen MR) is 72.5 cm³/mol. The molecule has 19 heavy (non-hydrogen) atoms. The average Bonchev–Trinajstić information content (AvgIpc) is 2.85. The number of nitrogens with zero attached hydrogens (tertiary/aromatic N) is 4. The first-order valence-electron chi connectivity index (χ1n) is 7.04. The van der Waals surface area contributed by atoms with Gasteiger partial charge in [-0.1, -0.05) is 0 Å². The number of hydrogen-bond acceptors (Lipinski definition) is 4. The van der Waals surface area contributed by atoms with Crippen molar-refractivity contribution < 1.29 is 4.79 Å². The normalized spacial score (nSPS) is 19.7. The number of aryl methyl sites for hydroxylation is 1. The molecule has 1 aromatic rings. The Bertz CT molecular complexity index is 417. The number of carbonyl (C=O) groups is 1. The van der Waals surface area contributed by atoms with E-state index in [4.69, 9.17) is 5.73 Å². The molecule has 1 saturated heterocycles. The molecular formula is C13H23N5O. The van der Waals surface area contributed by atoms with Crippen LogP contribution in [0.3, 0.4) is 0 Å². The van der Waals surface area contributed by atoms with Gasteiger partial charge in [-0.3, -0.25) is 4.79 Å². The molecule has 1 aliphatic rings. The number of aromatic nitrogens is 3. The van der Waals surface area contributed by atoms with E-state index in [0.29, 0.717) is 18.9 Å². The van der Waals surface area contributed by atoms with Gasteiger partial charge in [0.05, 0.1) is 0 Å². The highest BCUT2D eigenvalue weighted by Gasteiger charge is 2.26. The van der Waals surface area contributed by atoms with E-state index in [0.717, 1.165) is 44.6 Å². The van der Waals surface area contributed by atoms with E-state index in [1.165, 1.54) is 0 Å². The third kappa shape index (κ3) is 3.53. The van der Waals surface area contributed by atoms with Crippen LogP contribution < -0.4 is 5.73 Å². The van der Waals surface area contributed by atoms with Crippen molar-refractivity contribution in [1.29, 1.82) is 0 Å². The van der Waals surface area contributed by atoms with Gasteiger partial charge in [0.15, 0.2) is 0 Å². The first-order chi connectivity index (χ1) is 9.22. The van der Waals surface area contributed by atoms with Crippen molar-refractivity contribution in [3.8, 4) is 0 Å². The zero-order valence-corrected chi connectivity index (χ0v) is 11.6. The minimum absolute atomic E-state index is 0.250. The van der Waals surface area contributed by atoms with Gasteiger partial charge in [0.25, 0.3) is 0 Å². The Morgan fingerprint density at radius 3 is 3.05 bits per heavy atom. The highest BCUT2D eigenvalue weighted by molar-refractivity contribution is 5.76. The predicted octanol–water partition coefficient (Wildman–Crippen LogP) is 0.650. The largest absolute Gasteiger partial charge is 0.342 e. The molecule has 0 aromatic carbocycles. The molecule has 1 unspecified atom stereocenters. The zero-order valence-electron chi connectivity index (χ0n) is 11.6. The first-order valence-corrected chi connectivity index (χ1v) is 7.04. The van der Waals surface area contributed by atoms with Crippen LogP contribution in [0.15, 0.2) is 6.33 Å². The van der Waals surface area contributed by atoms with E-state index >= 15 is 0 Å². The molecule has 2 heterocycles. The van der Waals surface area contributed by atoms with Gasteiger partial charge in [0, 0.05) is 32.5 Å². The van der Waals surface area contributed by atoms with E-state index in [1.54, 1.807) is 6.33 Å². The van der Waals surface area contributed by atoms with Gasteiger partial charge in [-0.15, -0.1) is 10.2 Å². The van der Waals surface area contributed by atoms with Crippen LogP contribution in [0, 0.1) is 0 Å². The first kappa shape index (κ1) is 14.0. The quantitative estimate of drug-likeness (QED) is 0.793. The number of rotatable bonds is 5. The summed E-state index contributed by atoms with van der Waals surface area (Å²) in [5, 5.41) is 8.09. The number of piperidine rings is 1. The van der Waals surface area contributed by atoms with Gasteiger partial charge in [-0.2, -0.15) is 0 Å². The Hall–Kier alpha value is -1.43. The monoisotopic (exact) mass is 265 g/mol. The minimum atomic E-state index is 0.250. The summed E-state index contributed by atoms with van der Waals surface area (Å²) in [5.41, 5.74) is 5.45. The topological polar surface area (TPSA) is 77.0 Å². The van der Waals surface area contributed by atoms with Crippen LogP contribution in [-0.2, 0) is 11.8 Å². The summed E-state index contributed by atoms with van der Waals surface area (Å²) >= 11 is 0. The molecule has 0 saturated carbocycles. The lowest BCUT2D eigenvalue weighted by Crippen LogP contribution is -2.39. The summed E-state index contributed by atoms with van der Waals surface area (Å²) < 4.78 is 1.95. The summed E-state index contributed by atoms with van der Waals surface area (Å²) in [6.45, 7) is 2.30. The van der Waals surface area contributed by atoms with E-state index in [1.807, 2.05) is 16.5 Å². The van der Waals surface area contributed by atoms with E-state index in [9.17, 15) is 4.79 Å². The fourth-order valence-electron chi connectivity index (χ4n) is 2.65. The van der Waals surface area contributed by atoms with Crippen molar-refractivity contribution >= 4 is 5.91 Å². The van der Waals surface area contributed by atoms with Gasteiger partial charge in [0.2, 0.25) is 5.91 Å². The summed E-state index contributed by atoms with van der Waals surface area (Å²) in [6, 6.07) is 0. The molecule has 106 valence electrons. The summed E-state index contributed by atoms with van der Waals surface area (Å²) in [6.07, 6.45) is 6.27. The Kier molecular flexibility index (Phi) is 4.90. The van der Waals surface area contributed by atoms with Crippen LogP contribution in [-0.4, -0.2) is 45.2 Å². The van der Waals surface area contributed by atoms with Crippen LogP contribution in [0.25, 0.3) is 0 Å². The Morgan fingerprint density at radius 1 is 1.53 bits per heavy atom. The van der Waals surface area contributed by atoms with Gasteiger partial charge < -0.3 is 15.2 Å². The van der Waals surface area contributed by atoms with Crippen LogP contribution in [0.4, 0.5) is 0 Å². The molecule has 1 aliphatic heterocycles. The molecule has 1 atom stereocenters. The lowest BCUT2D eigenvalue weighted by Gasteiger charge is -2.32. The maximum absolute atomic E-state index is 12.1. The number of likely N-dealkylation sites (tertiary alicyclic amines) is 1. The average molecular weight is 265 g/mol. The smallest absolute Gasteiger partial charge is 0.222 e. The fourth-order valence-corrected chi connectivity index (χ4v) is 2.65. The number of unbranched alkanes of at least 4 members (excludes halogenated alkanes) is 1. The second kappa shape index (κ2) is 6.65. The molecule has 0 aliphatic carbocycles. The van der Waals surface area contributed by atoms with Crippen molar-refractivity contribution in [2.24, 2.45) is 12.8 Å². The number of nitrogens with two attached hydrogens (primary N) is 1. The standard InChI is InChI=1S/C13H23N5O/c1-17-10-15-16-13(17)11-5-4-8-18(9-11)12(19)6-2-3-7-14/h10-11H,2-9,14H2,1H3. The number of carbonyl (C=O) groups excluding carboxylic acids is 1. The Morgan fingerprint density at radius 2 is 2.37 bits per heavy atom. The van der Waals surface area contributed by atoms with Crippen LogP contribution in [0.1, 0.15) is 43.8 Å². The van der Waals surface area contributed by atoms with Crippen molar-refractivity contribution in [3.63, 3.8) is 0 Å². The Labute approximate surface area is 114 Å². The second-order valence-corrected chi connectivity index (χ2v) is 5.22. The summed E-state index contributed by atoms with van der Waals surface area (Å²) in [4.78, 5) is 14.1. The molecule has 1 amide bonds. The van der Waals surface area contributed by atoms with Crippen molar-refractivity contribution in [2.45, 2.75) is 38.0 Å². The van der Waals surface area contributed by atoms with Gasteiger partial charge in [-0.25, -0.2) is 0 Å². The number of hydrogen-bond donors (Lipinski definition) is 1. The Balaban J connectivity index is 1.90. The second-order valence-electron chi connectivity index (χ2n) is 5.22. The lowest BCUT2D eigenvalue weighted by molar-refractivity contribution is -0.132. The van der Waals surface area contributed by atoms with E-state index < -0.39 is 0 Å². The molecule has 1 fully saturated rings. The highest BCUT2D eigenvalue weighted by atomic mass is 16.2. The van der Waals surface area contributed by atoms with Gasteiger partial charge in [-0.05, 0) is 32.2 Å². The molecule has 0 spiro atoms. The van der Waals surface area contributed by atoms with E-state index in [-0.39, 0.29) is 5.91 Å². The van der Waals surface area contributed by atoms with Crippen LogP contribution in [0.2, 0.25) is 0 Å². The highest BCUT2D eigenvalue weighted by Crippen LogP contribution is 2.25. The van der Waals surface area contributed by atoms with Gasteiger partial charge >= 0.3 is 0 Å².